The number of sulfonamides is 1. The summed E-state index contributed by atoms with van der Waals surface area (Å²) in [6, 6.07) is 6.47. The Hall–Kier alpha value is -1.75. The highest BCUT2D eigenvalue weighted by Gasteiger charge is 2.15. The van der Waals surface area contributed by atoms with Gasteiger partial charge in [-0.05, 0) is 37.1 Å². The Labute approximate surface area is 128 Å². The topological polar surface area (TPSA) is 82.8 Å². The number of thiazole rings is 1. The van der Waals surface area contributed by atoms with Gasteiger partial charge in [0.05, 0.1) is 23.1 Å². The van der Waals surface area contributed by atoms with Crippen LogP contribution in [-0.2, 0) is 23.0 Å². The third-order valence-electron chi connectivity index (χ3n) is 2.99. The third-order valence-corrected chi connectivity index (χ3v) is 5.53. The summed E-state index contributed by atoms with van der Waals surface area (Å²) < 4.78 is 27.0. The fraction of sp³-hybridized carbons (Fsp3) is 0.286. The number of hydrogen-bond donors (Lipinski definition) is 1. The zero-order chi connectivity index (χ0) is 15.5. The second-order valence-corrected chi connectivity index (χ2v) is 7.45. The van der Waals surface area contributed by atoms with Crippen LogP contribution in [-0.4, -0.2) is 13.4 Å². The Morgan fingerprint density at radius 2 is 2.19 bits per heavy atom. The van der Waals surface area contributed by atoms with Gasteiger partial charge in [0.1, 0.15) is 5.01 Å². The van der Waals surface area contributed by atoms with Crippen LogP contribution in [0.15, 0.2) is 29.3 Å². The monoisotopic (exact) mass is 321 g/mol. The molecule has 2 aromatic rings. The van der Waals surface area contributed by atoms with Crippen LogP contribution in [0.1, 0.15) is 27.9 Å². The van der Waals surface area contributed by atoms with Gasteiger partial charge in [-0.2, -0.15) is 5.26 Å². The molecule has 110 valence electrons. The van der Waals surface area contributed by atoms with Crippen LogP contribution in [0, 0.1) is 18.3 Å². The number of nitrogens with one attached hydrogen (secondary N) is 1. The SMILES string of the molecule is CCc1cnc(CNS(=O)(=O)c2ccc(C#N)c(C)c2)s1. The van der Waals surface area contributed by atoms with Crippen molar-refractivity contribution >= 4 is 21.4 Å². The summed E-state index contributed by atoms with van der Waals surface area (Å²) in [6.45, 7) is 3.92. The molecule has 0 saturated carbocycles. The summed E-state index contributed by atoms with van der Waals surface area (Å²) in [5, 5.41) is 9.60. The van der Waals surface area contributed by atoms with Gasteiger partial charge in [-0.25, -0.2) is 18.1 Å². The van der Waals surface area contributed by atoms with E-state index in [0.717, 1.165) is 16.3 Å². The first-order valence-electron chi connectivity index (χ1n) is 6.40. The highest BCUT2D eigenvalue weighted by Crippen LogP contribution is 2.17. The minimum atomic E-state index is -3.60. The molecule has 7 heteroatoms. The Bertz CT molecular complexity index is 789. The lowest BCUT2D eigenvalue weighted by Crippen LogP contribution is -2.23. The van der Waals surface area contributed by atoms with E-state index < -0.39 is 10.0 Å². The minimum Gasteiger partial charge on any atom is -0.248 e. The second kappa shape index (κ2) is 6.35. The standard InChI is InChI=1S/C14H15N3O2S2/c1-3-12-8-16-14(20-12)9-17-21(18,19)13-5-4-11(7-15)10(2)6-13/h4-6,8,17H,3,9H2,1-2H3. The maximum absolute atomic E-state index is 12.2. The minimum absolute atomic E-state index is 0.159. The van der Waals surface area contributed by atoms with Gasteiger partial charge in [-0.3, -0.25) is 0 Å². The van der Waals surface area contributed by atoms with Crippen molar-refractivity contribution < 1.29 is 8.42 Å². The molecule has 0 fully saturated rings. The molecular formula is C14H15N3O2S2. The lowest BCUT2D eigenvalue weighted by molar-refractivity contribution is 0.581. The van der Waals surface area contributed by atoms with Crippen LogP contribution in [0.4, 0.5) is 0 Å². The number of nitriles is 1. The fourth-order valence-corrected chi connectivity index (χ4v) is 3.73. The van der Waals surface area contributed by atoms with Gasteiger partial charge in [-0.15, -0.1) is 11.3 Å². The Morgan fingerprint density at radius 3 is 2.76 bits per heavy atom. The van der Waals surface area contributed by atoms with Crippen LogP contribution in [0.2, 0.25) is 0 Å². The summed E-state index contributed by atoms with van der Waals surface area (Å²) in [5.74, 6) is 0. The largest absolute Gasteiger partial charge is 0.248 e. The van der Waals surface area contributed by atoms with Crippen molar-refractivity contribution in [1.29, 1.82) is 5.26 Å². The molecule has 0 bridgehead atoms. The molecule has 2 rings (SSSR count). The van der Waals surface area contributed by atoms with Crippen molar-refractivity contribution in [3.05, 3.63) is 45.4 Å². The van der Waals surface area contributed by atoms with Gasteiger partial charge >= 0.3 is 0 Å². The fourth-order valence-electron chi connectivity index (χ4n) is 1.76. The van der Waals surface area contributed by atoms with Gasteiger partial charge in [-0.1, -0.05) is 6.92 Å². The maximum Gasteiger partial charge on any atom is 0.240 e. The maximum atomic E-state index is 12.2. The normalized spacial score (nSPS) is 11.3. The molecule has 0 spiro atoms. The van der Waals surface area contributed by atoms with Crippen LogP contribution in [0.25, 0.3) is 0 Å². The number of rotatable bonds is 5. The van der Waals surface area contributed by atoms with Gasteiger partial charge < -0.3 is 0 Å². The molecule has 1 aromatic carbocycles. The van der Waals surface area contributed by atoms with Gasteiger partial charge in [0.25, 0.3) is 0 Å². The van der Waals surface area contributed by atoms with E-state index in [0.29, 0.717) is 11.1 Å². The molecule has 0 aliphatic heterocycles. The molecular weight excluding hydrogens is 306 g/mol. The predicted octanol–water partition coefficient (Wildman–Crippen LogP) is 2.36. The van der Waals surface area contributed by atoms with Gasteiger partial charge in [0.2, 0.25) is 10.0 Å². The van der Waals surface area contributed by atoms with E-state index in [4.69, 9.17) is 5.26 Å². The Morgan fingerprint density at radius 1 is 1.43 bits per heavy atom. The lowest BCUT2D eigenvalue weighted by Gasteiger charge is -2.06. The highest BCUT2D eigenvalue weighted by atomic mass is 32.2. The zero-order valence-corrected chi connectivity index (χ0v) is 13.4. The lowest BCUT2D eigenvalue weighted by atomic mass is 10.1. The average molecular weight is 321 g/mol. The van der Waals surface area contributed by atoms with E-state index in [9.17, 15) is 8.42 Å². The van der Waals surface area contributed by atoms with E-state index in [-0.39, 0.29) is 11.4 Å². The molecule has 0 radical (unpaired) electrons. The van der Waals surface area contributed by atoms with Crippen molar-refractivity contribution in [2.24, 2.45) is 0 Å². The van der Waals surface area contributed by atoms with Crippen molar-refractivity contribution in [2.75, 3.05) is 0 Å². The molecule has 21 heavy (non-hydrogen) atoms. The van der Waals surface area contributed by atoms with E-state index in [1.165, 1.54) is 29.5 Å². The molecule has 1 aromatic heterocycles. The summed E-state index contributed by atoms with van der Waals surface area (Å²) in [5.41, 5.74) is 1.12. The molecule has 1 N–H and O–H groups in total. The third kappa shape index (κ3) is 3.67. The summed E-state index contributed by atoms with van der Waals surface area (Å²) in [7, 11) is -3.60. The van der Waals surface area contributed by atoms with Crippen LogP contribution in [0.3, 0.4) is 0 Å². The first-order valence-corrected chi connectivity index (χ1v) is 8.70. The molecule has 0 unspecified atom stereocenters. The molecule has 1 heterocycles. The molecule has 0 saturated heterocycles. The number of hydrogen-bond acceptors (Lipinski definition) is 5. The zero-order valence-electron chi connectivity index (χ0n) is 11.8. The second-order valence-electron chi connectivity index (χ2n) is 4.49. The Balaban J connectivity index is 2.15. The van der Waals surface area contributed by atoms with E-state index in [2.05, 4.69) is 9.71 Å². The molecule has 5 nitrogen and oxygen atoms in total. The van der Waals surface area contributed by atoms with E-state index in [1.54, 1.807) is 13.1 Å². The van der Waals surface area contributed by atoms with E-state index in [1.807, 2.05) is 13.0 Å². The highest BCUT2D eigenvalue weighted by molar-refractivity contribution is 7.89. The van der Waals surface area contributed by atoms with Gasteiger partial charge in [0, 0.05) is 11.1 Å². The number of aryl methyl sites for hydroxylation is 2. The number of benzene rings is 1. The van der Waals surface area contributed by atoms with Gasteiger partial charge in [0.15, 0.2) is 0 Å². The molecule has 0 amide bonds. The molecule has 0 aliphatic carbocycles. The Kier molecular flexibility index (Phi) is 4.73. The van der Waals surface area contributed by atoms with Crippen molar-refractivity contribution in [3.63, 3.8) is 0 Å². The summed E-state index contributed by atoms with van der Waals surface area (Å²) >= 11 is 1.50. The average Bonchev–Trinajstić information content (AvgIpc) is 2.93. The summed E-state index contributed by atoms with van der Waals surface area (Å²) in [4.78, 5) is 5.46. The number of aromatic nitrogens is 1. The van der Waals surface area contributed by atoms with Crippen LogP contribution >= 0.6 is 11.3 Å². The van der Waals surface area contributed by atoms with Crippen molar-refractivity contribution in [2.45, 2.75) is 31.7 Å². The molecule has 0 atom stereocenters. The predicted molar refractivity (Wildman–Crippen MR) is 81.4 cm³/mol. The first-order chi connectivity index (χ1) is 9.96. The molecule has 0 aliphatic rings. The van der Waals surface area contributed by atoms with Crippen molar-refractivity contribution in [1.82, 2.24) is 9.71 Å². The quantitative estimate of drug-likeness (QED) is 0.916. The van der Waals surface area contributed by atoms with Crippen LogP contribution < -0.4 is 4.72 Å². The van der Waals surface area contributed by atoms with Crippen molar-refractivity contribution in [3.8, 4) is 6.07 Å². The van der Waals surface area contributed by atoms with E-state index >= 15 is 0 Å². The number of nitrogens with zero attached hydrogens (tertiary/aromatic N) is 2. The van der Waals surface area contributed by atoms with Crippen LogP contribution in [0.5, 0.6) is 0 Å². The smallest absolute Gasteiger partial charge is 0.240 e. The summed E-state index contributed by atoms with van der Waals surface area (Å²) in [6.07, 6.45) is 2.65. The first kappa shape index (κ1) is 15.6.